The standard InChI is InChI=1S/C30H34O8/c1-35-21-11-19(9-17-5-3-7-20(32)10-17)30-23(13-21)29(34)25(16-38-30)24-15-37-27-12-18(6-4-8-31)26(36-2)14-22(27)28(24)33/h3,5,7,10-14,24-25,28-29,31-34H,4,6,8-9,15-16H2,1-2H3. The van der Waals surface area contributed by atoms with Gasteiger partial charge in [-0.25, -0.2) is 0 Å². The first kappa shape index (κ1) is 26.2. The van der Waals surface area contributed by atoms with E-state index in [-0.39, 0.29) is 25.6 Å². The molecule has 4 N–H and O–H groups in total. The molecule has 0 fully saturated rings. The molecule has 0 amide bonds. The highest BCUT2D eigenvalue weighted by molar-refractivity contribution is 5.52. The fourth-order valence-corrected chi connectivity index (χ4v) is 5.57. The number of aromatic hydroxyl groups is 1. The van der Waals surface area contributed by atoms with Crippen LogP contribution in [0.3, 0.4) is 0 Å². The third-order valence-corrected chi connectivity index (χ3v) is 7.58. The summed E-state index contributed by atoms with van der Waals surface area (Å²) in [7, 11) is 3.15. The van der Waals surface area contributed by atoms with Crippen LogP contribution in [0, 0.1) is 11.8 Å². The van der Waals surface area contributed by atoms with Gasteiger partial charge in [-0.2, -0.15) is 0 Å². The van der Waals surface area contributed by atoms with Crippen LogP contribution in [0.2, 0.25) is 0 Å². The molecule has 5 rings (SSSR count). The van der Waals surface area contributed by atoms with Crippen molar-refractivity contribution in [1.29, 1.82) is 0 Å². The molecule has 0 spiro atoms. The van der Waals surface area contributed by atoms with E-state index in [1.807, 2.05) is 18.2 Å². The second-order valence-corrected chi connectivity index (χ2v) is 9.92. The Kier molecular flexibility index (Phi) is 7.65. The zero-order valence-electron chi connectivity index (χ0n) is 21.6. The topological polar surface area (TPSA) is 118 Å². The Hall–Kier alpha value is -3.46. The molecule has 4 unspecified atom stereocenters. The Morgan fingerprint density at radius 3 is 2.34 bits per heavy atom. The molecule has 0 aliphatic carbocycles. The molecule has 8 nitrogen and oxygen atoms in total. The summed E-state index contributed by atoms with van der Waals surface area (Å²) in [5, 5.41) is 42.1. The molecule has 8 heteroatoms. The van der Waals surface area contributed by atoms with Crippen LogP contribution in [0.5, 0.6) is 28.7 Å². The van der Waals surface area contributed by atoms with Crippen molar-refractivity contribution in [3.63, 3.8) is 0 Å². The van der Waals surface area contributed by atoms with Crippen LogP contribution in [-0.4, -0.2) is 54.5 Å². The summed E-state index contributed by atoms with van der Waals surface area (Å²) in [4.78, 5) is 0. The second-order valence-electron chi connectivity index (χ2n) is 9.92. The van der Waals surface area contributed by atoms with Gasteiger partial charge in [-0.15, -0.1) is 0 Å². The number of methoxy groups -OCH3 is 2. The predicted molar refractivity (Wildman–Crippen MR) is 140 cm³/mol. The molecule has 0 aromatic heterocycles. The van der Waals surface area contributed by atoms with Gasteiger partial charge in [0.2, 0.25) is 0 Å². The van der Waals surface area contributed by atoms with E-state index >= 15 is 0 Å². The Morgan fingerprint density at radius 1 is 0.868 bits per heavy atom. The highest BCUT2D eigenvalue weighted by Gasteiger charge is 2.43. The number of phenols is 1. The molecule has 38 heavy (non-hydrogen) atoms. The van der Waals surface area contributed by atoms with Crippen molar-refractivity contribution in [1.82, 2.24) is 0 Å². The van der Waals surface area contributed by atoms with Crippen molar-refractivity contribution in [3.8, 4) is 28.7 Å². The van der Waals surface area contributed by atoms with Gasteiger partial charge in [-0.3, -0.25) is 0 Å². The summed E-state index contributed by atoms with van der Waals surface area (Å²) in [6.45, 7) is 0.507. The van der Waals surface area contributed by atoms with Crippen molar-refractivity contribution in [3.05, 3.63) is 76.3 Å². The van der Waals surface area contributed by atoms with Crippen LogP contribution in [0.25, 0.3) is 0 Å². The first-order valence-corrected chi connectivity index (χ1v) is 12.9. The Labute approximate surface area is 222 Å². The fourth-order valence-electron chi connectivity index (χ4n) is 5.57. The van der Waals surface area contributed by atoms with E-state index in [2.05, 4.69) is 0 Å². The summed E-state index contributed by atoms with van der Waals surface area (Å²) in [6, 6.07) is 14.3. The van der Waals surface area contributed by atoms with Gasteiger partial charge >= 0.3 is 0 Å². The lowest BCUT2D eigenvalue weighted by Crippen LogP contribution is -2.40. The summed E-state index contributed by atoms with van der Waals surface area (Å²) in [5.41, 5.74) is 3.87. The largest absolute Gasteiger partial charge is 0.508 e. The molecule has 3 aromatic carbocycles. The molecule has 0 saturated carbocycles. The number of hydrogen-bond acceptors (Lipinski definition) is 8. The molecule has 0 saturated heterocycles. The third kappa shape index (κ3) is 4.99. The van der Waals surface area contributed by atoms with Gasteiger partial charge in [0.25, 0.3) is 0 Å². The number of phenolic OH excluding ortho intramolecular Hbond substituents is 1. The van der Waals surface area contributed by atoms with E-state index in [9.17, 15) is 20.4 Å². The van der Waals surface area contributed by atoms with Crippen molar-refractivity contribution in [2.45, 2.75) is 31.5 Å². The van der Waals surface area contributed by atoms with Crippen molar-refractivity contribution in [2.24, 2.45) is 11.8 Å². The van der Waals surface area contributed by atoms with Gasteiger partial charge in [0.1, 0.15) is 28.7 Å². The Bertz CT molecular complexity index is 1290. The minimum atomic E-state index is -0.910. The van der Waals surface area contributed by atoms with E-state index in [1.54, 1.807) is 44.6 Å². The van der Waals surface area contributed by atoms with Gasteiger partial charge in [-0.1, -0.05) is 12.1 Å². The normalized spacial score (nSPS) is 22.0. The molecule has 0 radical (unpaired) electrons. The number of rotatable bonds is 8. The summed E-state index contributed by atoms with van der Waals surface area (Å²) in [6.07, 6.45) is -0.0720. The molecule has 202 valence electrons. The van der Waals surface area contributed by atoms with Crippen molar-refractivity contribution < 1.29 is 39.4 Å². The lowest BCUT2D eigenvalue weighted by atomic mass is 9.77. The molecule has 3 aromatic rings. The van der Waals surface area contributed by atoms with Crippen LogP contribution in [0.15, 0.2) is 48.5 Å². The SMILES string of the molecule is COc1cc(Cc2cccc(O)c2)c2c(c1)C(O)C(C1COc3cc(CCCO)c(OC)cc3C1O)CO2. The van der Waals surface area contributed by atoms with E-state index in [1.165, 1.54) is 0 Å². The highest BCUT2D eigenvalue weighted by atomic mass is 16.5. The van der Waals surface area contributed by atoms with E-state index in [0.717, 1.165) is 16.7 Å². The minimum absolute atomic E-state index is 0.0765. The van der Waals surface area contributed by atoms with Gasteiger partial charge in [0.15, 0.2) is 0 Å². The van der Waals surface area contributed by atoms with Crippen molar-refractivity contribution in [2.75, 3.05) is 34.0 Å². The predicted octanol–water partition coefficient (Wildman–Crippen LogP) is 3.71. The zero-order valence-corrected chi connectivity index (χ0v) is 21.6. The number of aliphatic hydroxyl groups excluding tert-OH is 3. The van der Waals surface area contributed by atoms with Crippen LogP contribution in [-0.2, 0) is 12.8 Å². The first-order chi connectivity index (χ1) is 18.4. The maximum atomic E-state index is 11.5. The number of aliphatic hydroxyl groups is 3. The Balaban J connectivity index is 1.43. The maximum absolute atomic E-state index is 11.5. The average molecular weight is 523 g/mol. The quantitative estimate of drug-likeness (QED) is 0.354. The van der Waals surface area contributed by atoms with Gasteiger partial charge < -0.3 is 39.4 Å². The average Bonchev–Trinajstić information content (AvgIpc) is 2.92. The number of ether oxygens (including phenoxy) is 4. The smallest absolute Gasteiger partial charge is 0.128 e. The number of aryl methyl sites for hydroxylation is 1. The van der Waals surface area contributed by atoms with Gasteiger partial charge in [-0.05, 0) is 60.4 Å². The monoisotopic (exact) mass is 522 g/mol. The second kappa shape index (κ2) is 11.1. The summed E-state index contributed by atoms with van der Waals surface area (Å²) in [5.74, 6) is 1.75. The molecule has 4 atom stereocenters. The van der Waals surface area contributed by atoms with E-state index < -0.39 is 24.0 Å². The first-order valence-electron chi connectivity index (χ1n) is 12.9. The molecule has 2 aliphatic heterocycles. The van der Waals surface area contributed by atoms with Crippen LogP contribution in [0.4, 0.5) is 0 Å². The number of fused-ring (bicyclic) bond motifs is 2. The Morgan fingerprint density at radius 2 is 1.63 bits per heavy atom. The molecule has 0 bridgehead atoms. The third-order valence-electron chi connectivity index (χ3n) is 7.58. The number of hydrogen-bond donors (Lipinski definition) is 4. The molecular formula is C30H34O8. The van der Waals surface area contributed by atoms with Crippen LogP contribution in [0.1, 0.15) is 46.4 Å². The lowest BCUT2D eigenvalue weighted by Gasteiger charge is -2.40. The lowest BCUT2D eigenvalue weighted by molar-refractivity contribution is -0.0554. The fraction of sp³-hybridized carbons (Fsp3) is 0.400. The van der Waals surface area contributed by atoms with Crippen LogP contribution < -0.4 is 18.9 Å². The summed E-state index contributed by atoms with van der Waals surface area (Å²) < 4.78 is 23.4. The van der Waals surface area contributed by atoms with Crippen LogP contribution >= 0.6 is 0 Å². The summed E-state index contributed by atoms with van der Waals surface area (Å²) >= 11 is 0. The van der Waals surface area contributed by atoms with Gasteiger partial charge in [0, 0.05) is 41.6 Å². The molecule has 2 aliphatic rings. The number of benzene rings is 3. The van der Waals surface area contributed by atoms with E-state index in [0.29, 0.717) is 53.4 Å². The molecule has 2 heterocycles. The highest BCUT2D eigenvalue weighted by Crippen LogP contribution is 2.49. The van der Waals surface area contributed by atoms with E-state index in [4.69, 9.17) is 18.9 Å². The zero-order chi connectivity index (χ0) is 26.8. The molecular weight excluding hydrogens is 488 g/mol. The van der Waals surface area contributed by atoms with Crippen molar-refractivity contribution >= 4 is 0 Å². The maximum Gasteiger partial charge on any atom is 0.128 e. The minimum Gasteiger partial charge on any atom is -0.508 e. The van der Waals surface area contributed by atoms with Gasteiger partial charge in [0.05, 0.1) is 39.6 Å².